The van der Waals surface area contributed by atoms with Crippen molar-refractivity contribution in [2.45, 2.75) is 0 Å². The molecule has 1 aromatic carbocycles. The van der Waals surface area contributed by atoms with Crippen LogP contribution >= 0.6 is 0 Å². The third-order valence-corrected chi connectivity index (χ3v) is 2.69. The zero-order valence-electron chi connectivity index (χ0n) is 11.5. The Morgan fingerprint density at radius 1 is 1.19 bits per heavy atom. The van der Waals surface area contributed by atoms with Gasteiger partial charge < -0.3 is 19.1 Å². The number of fused-ring (bicyclic) bond motifs is 1. The second-order valence-corrected chi connectivity index (χ2v) is 4.40. The van der Waals surface area contributed by atoms with Gasteiger partial charge in [0.1, 0.15) is 5.75 Å². The molecule has 0 bridgehead atoms. The van der Waals surface area contributed by atoms with Crippen LogP contribution in [0.2, 0.25) is 0 Å². The number of ether oxygens (including phenoxy) is 3. The van der Waals surface area contributed by atoms with E-state index in [-0.39, 0.29) is 18.8 Å². The molecule has 1 aliphatic heterocycles. The van der Waals surface area contributed by atoms with E-state index in [1.807, 2.05) is 0 Å². The van der Waals surface area contributed by atoms with E-state index in [1.165, 1.54) is 0 Å². The molecule has 0 saturated heterocycles. The number of nitrogens with two attached hydrogens (primary N) is 1. The van der Waals surface area contributed by atoms with Gasteiger partial charge in [0.2, 0.25) is 18.7 Å². The van der Waals surface area contributed by atoms with Crippen molar-refractivity contribution < 1.29 is 14.2 Å². The normalized spacial score (nSPS) is 12.1. The quantitative estimate of drug-likeness (QED) is 0.622. The van der Waals surface area contributed by atoms with Gasteiger partial charge in [-0.05, 0) is 12.1 Å². The first-order valence-electron chi connectivity index (χ1n) is 6.13. The Hall–Kier alpha value is -2.81. The fourth-order valence-corrected chi connectivity index (χ4v) is 1.70. The number of nitrogens with one attached hydrogen (secondary N) is 1. The second kappa shape index (κ2) is 5.29. The molecule has 0 amide bonds. The Bertz CT molecular complexity index is 663. The molecule has 0 aliphatic carbocycles. The standard InChI is InChI=1S/C12H14N6O3/c1-18(2)11-14-10(17-13)15-12(16-11)21-7-3-4-8-9(5-7)20-6-19-8/h3-5H,6,13H2,1-2H3,(H,14,15,16,17). The van der Waals surface area contributed by atoms with Crippen LogP contribution in [-0.2, 0) is 0 Å². The Morgan fingerprint density at radius 2 is 2.00 bits per heavy atom. The number of nitrogens with zero attached hydrogens (tertiary/aromatic N) is 4. The van der Waals surface area contributed by atoms with Crippen molar-refractivity contribution in [3.63, 3.8) is 0 Å². The molecule has 2 aromatic rings. The van der Waals surface area contributed by atoms with Crippen LogP contribution < -0.4 is 30.4 Å². The summed E-state index contributed by atoms with van der Waals surface area (Å²) < 4.78 is 16.1. The monoisotopic (exact) mass is 290 g/mol. The van der Waals surface area contributed by atoms with Gasteiger partial charge in [0.15, 0.2) is 11.5 Å². The van der Waals surface area contributed by atoms with E-state index in [9.17, 15) is 0 Å². The molecule has 9 nitrogen and oxygen atoms in total. The van der Waals surface area contributed by atoms with E-state index in [1.54, 1.807) is 37.2 Å². The van der Waals surface area contributed by atoms with Gasteiger partial charge in [0.05, 0.1) is 0 Å². The molecule has 3 N–H and O–H groups in total. The Kier molecular flexibility index (Phi) is 3.32. The van der Waals surface area contributed by atoms with Gasteiger partial charge in [-0.3, -0.25) is 5.43 Å². The van der Waals surface area contributed by atoms with E-state index in [4.69, 9.17) is 20.1 Å². The second-order valence-electron chi connectivity index (χ2n) is 4.40. The maximum Gasteiger partial charge on any atom is 0.328 e. The fraction of sp³-hybridized carbons (Fsp3) is 0.250. The SMILES string of the molecule is CN(C)c1nc(NN)nc(Oc2ccc3c(c2)OCO3)n1. The largest absolute Gasteiger partial charge is 0.454 e. The molecule has 0 unspecified atom stereocenters. The van der Waals surface area contributed by atoms with Gasteiger partial charge in [0, 0.05) is 20.2 Å². The number of nitrogen functional groups attached to an aromatic ring is 1. The number of benzene rings is 1. The molecule has 1 aromatic heterocycles. The van der Waals surface area contributed by atoms with Gasteiger partial charge in [-0.25, -0.2) is 5.84 Å². The lowest BCUT2D eigenvalue weighted by Crippen LogP contribution is -2.17. The minimum absolute atomic E-state index is 0.125. The molecule has 0 atom stereocenters. The number of hydrogen-bond acceptors (Lipinski definition) is 9. The first-order chi connectivity index (χ1) is 10.2. The summed E-state index contributed by atoms with van der Waals surface area (Å²) in [5.41, 5.74) is 2.38. The van der Waals surface area contributed by atoms with Crippen LogP contribution in [0.15, 0.2) is 18.2 Å². The maximum absolute atomic E-state index is 5.62. The summed E-state index contributed by atoms with van der Waals surface area (Å²) in [7, 11) is 3.61. The zero-order chi connectivity index (χ0) is 14.8. The van der Waals surface area contributed by atoms with Crippen molar-refractivity contribution in [3.8, 4) is 23.3 Å². The predicted octanol–water partition coefficient (Wildman–Crippen LogP) is 0.744. The zero-order valence-corrected chi connectivity index (χ0v) is 11.5. The van der Waals surface area contributed by atoms with Gasteiger partial charge in [-0.1, -0.05) is 0 Å². The third kappa shape index (κ3) is 2.72. The smallest absolute Gasteiger partial charge is 0.328 e. The highest BCUT2D eigenvalue weighted by atomic mass is 16.7. The van der Waals surface area contributed by atoms with E-state index in [0.717, 1.165) is 0 Å². The summed E-state index contributed by atoms with van der Waals surface area (Å²) in [6, 6.07) is 5.33. The van der Waals surface area contributed by atoms with Crippen molar-refractivity contribution in [1.82, 2.24) is 15.0 Å². The van der Waals surface area contributed by atoms with Crippen molar-refractivity contribution in [3.05, 3.63) is 18.2 Å². The molecule has 110 valence electrons. The number of aromatic nitrogens is 3. The predicted molar refractivity (Wildman–Crippen MR) is 74.6 cm³/mol. The molecule has 1 aliphatic rings. The van der Waals surface area contributed by atoms with Gasteiger partial charge >= 0.3 is 6.01 Å². The van der Waals surface area contributed by atoms with Crippen LogP contribution in [0.25, 0.3) is 0 Å². The molecule has 2 heterocycles. The fourth-order valence-electron chi connectivity index (χ4n) is 1.70. The maximum atomic E-state index is 5.62. The molecular formula is C12H14N6O3. The van der Waals surface area contributed by atoms with Gasteiger partial charge in [-0.15, -0.1) is 0 Å². The highest BCUT2D eigenvalue weighted by molar-refractivity contribution is 5.47. The Labute approximate surface area is 120 Å². The van der Waals surface area contributed by atoms with Gasteiger partial charge in [-0.2, -0.15) is 15.0 Å². The minimum Gasteiger partial charge on any atom is -0.454 e. The first-order valence-corrected chi connectivity index (χ1v) is 6.13. The van der Waals surface area contributed by atoms with Crippen LogP contribution in [0, 0.1) is 0 Å². The molecule has 0 radical (unpaired) electrons. The van der Waals surface area contributed by atoms with E-state index >= 15 is 0 Å². The summed E-state index contributed by atoms with van der Waals surface area (Å²) in [5.74, 6) is 7.80. The highest BCUT2D eigenvalue weighted by Crippen LogP contribution is 2.36. The number of hydrazine groups is 1. The number of rotatable bonds is 4. The summed E-state index contributed by atoms with van der Waals surface area (Å²) in [4.78, 5) is 14.0. The van der Waals surface area contributed by atoms with Crippen molar-refractivity contribution >= 4 is 11.9 Å². The molecule has 9 heteroatoms. The lowest BCUT2D eigenvalue weighted by atomic mass is 10.3. The third-order valence-electron chi connectivity index (χ3n) is 2.69. The van der Waals surface area contributed by atoms with Crippen molar-refractivity contribution in [2.75, 3.05) is 31.2 Å². The van der Waals surface area contributed by atoms with Crippen LogP contribution in [-0.4, -0.2) is 35.8 Å². The van der Waals surface area contributed by atoms with Crippen molar-refractivity contribution in [2.24, 2.45) is 5.84 Å². The molecule has 0 fully saturated rings. The van der Waals surface area contributed by atoms with E-state index < -0.39 is 0 Å². The molecule has 21 heavy (non-hydrogen) atoms. The molecule has 3 rings (SSSR count). The molecule has 0 spiro atoms. The van der Waals surface area contributed by atoms with Crippen molar-refractivity contribution in [1.29, 1.82) is 0 Å². The van der Waals surface area contributed by atoms with Crippen LogP contribution in [0.5, 0.6) is 23.3 Å². The molecular weight excluding hydrogens is 276 g/mol. The Morgan fingerprint density at radius 3 is 2.76 bits per heavy atom. The van der Waals surface area contributed by atoms with Gasteiger partial charge in [0.25, 0.3) is 0 Å². The average Bonchev–Trinajstić information content (AvgIpc) is 2.94. The first kappa shape index (κ1) is 13.2. The highest BCUT2D eigenvalue weighted by Gasteiger charge is 2.15. The summed E-state index contributed by atoms with van der Waals surface area (Å²) in [6.45, 7) is 0.205. The summed E-state index contributed by atoms with van der Waals surface area (Å²) in [5, 5.41) is 0. The van der Waals surface area contributed by atoms with Crippen LogP contribution in [0.3, 0.4) is 0 Å². The minimum atomic E-state index is 0.125. The molecule has 0 saturated carbocycles. The lowest BCUT2D eigenvalue weighted by molar-refractivity contribution is 0.174. The number of hydrogen-bond donors (Lipinski definition) is 2. The topological polar surface area (TPSA) is 108 Å². The number of anilines is 2. The van der Waals surface area contributed by atoms with E-state index in [2.05, 4.69) is 20.4 Å². The van der Waals surface area contributed by atoms with E-state index in [0.29, 0.717) is 23.2 Å². The average molecular weight is 290 g/mol. The van der Waals surface area contributed by atoms with Crippen LogP contribution in [0.4, 0.5) is 11.9 Å². The lowest BCUT2D eigenvalue weighted by Gasteiger charge is -2.12. The Balaban J connectivity index is 1.88. The summed E-state index contributed by atoms with van der Waals surface area (Å²) in [6.07, 6.45) is 0. The summed E-state index contributed by atoms with van der Waals surface area (Å²) >= 11 is 0. The van der Waals surface area contributed by atoms with Crippen LogP contribution in [0.1, 0.15) is 0 Å².